The first-order valence-corrected chi connectivity index (χ1v) is 6.14. The van der Waals surface area contributed by atoms with Crippen molar-refractivity contribution in [1.82, 2.24) is 15.3 Å². The molecule has 20 heavy (non-hydrogen) atoms. The zero-order chi connectivity index (χ0) is 15.3. The average Bonchev–Trinajstić information content (AvgIpc) is 2.26. The molecular weight excluding hydrogens is 266 g/mol. The Morgan fingerprint density at radius 2 is 2.00 bits per heavy atom. The quantitative estimate of drug-likeness (QED) is 0.551. The molecule has 1 aromatic rings. The number of hydrogen-bond donors (Lipinski definition) is 4. The van der Waals surface area contributed by atoms with E-state index in [1.54, 1.807) is 0 Å². The molecule has 1 aromatic heterocycles. The Bertz CT molecular complexity index is 590. The SMILES string of the molecule is CCCC(C)(NC(=O)Cc1cc(=O)[nH]c(=O)[nH]1)C(=O)O. The Kier molecular flexibility index (Phi) is 4.84. The van der Waals surface area contributed by atoms with Gasteiger partial charge in [-0.2, -0.15) is 0 Å². The van der Waals surface area contributed by atoms with Gasteiger partial charge < -0.3 is 15.4 Å². The van der Waals surface area contributed by atoms with E-state index in [4.69, 9.17) is 5.11 Å². The minimum absolute atomic E-state index is 0.125. The highest BCUT2D eigenvalue weighted by molar-refractivity contribution is 5.87. The number of H-pyrrole nitrogens is 2. The van der Waals surface area contributed by atoms with Gasteiger partial charge in [-0.25, -0.2) is 9.59 Å². The van der Waals surface area contributed by atoms with Crippen molar-refractivity contribution in [3.63, 3.8) is 0 Å². The number of aromatic amines is 2. The van der Waals surface area contributed by atoms with E-state index in [1.165, 1.54) is 6.92 Å². The van der Waals surface area contributed by atoms with Crippen LogP contribution in [0.25, 0.3) is 0 Å². The second-order valence-corrected chi connectivity index (χ2v) is 4.73. The van der Waals surface area contributed by atoms with Crippen LogP contribution in [-0.2, 0) is 16.0 Å². The van der Waals surface area contributed by atoms with Gasteiger partial charge >= 0.3 is 11.7 Å². The first-order chi connectivity index (χ1) is 9.26. The van der Waals surface area contributed by atoms with Crippen LogP contribution in [0.15, 0.2) is 15.7 Å². The normalized spacial score (nSPS) is 13.5. The molecule has 0 aromatic carbocycles. The maximum Gasteiger partial charge on any atom is 0.329 e. The second-order valence-electron chi connectivity index (χ2n) is 4.73. The number of rotatable bonds is 6. The van der Waals surface area contributed by atoms with E-state index in [-0.39, 0.29) is 18.5 Å². The maximum atomic E-state index is 11.8. The first kappa shape index (κ1) is 15.7. The predicted octanol–water partition coefficient (Wildman–Crippen LogP) is -0.635. The molecule has 8 nitrogen and oxygen atoms in total. The second kappa shape index (κ2) is 6.18. The van der Waals surface area contributed by atoms with E-state index in [1.807, 2.05) is 11.9 Å². The molecule has 0 saturated heterocycles. The van der Waals surface area contributed by atoms with Crippen LogP contribution < -0.4 is 16.6 Å². The fourth-order valence-electron chi connectivity index (χ4n) is 1.86. The van der Waals surface area contributed by atoms with Crippen molar-refractivity contribution in [1.29, 1.82) is 0 Å². The van der Waals surface area contributed by atoms with Crippen molar-refractivity contribution in [2.45, 2.75) is 38.6 Å². The highest BCUT2D eigenvalue weighted by Crippen LogP contribution is 2.12. The molecule has 0 radical (unpaired) electrons. The van der Waals surface area contributed by atoms with Gasteiger partial charge in [-0.05, 0) is 13.3 Å². The van der Waals surface area contributed by atoms with Gasteiger partial charge in [-0.15, -0.1) is 0 Å². The summed E-state index contributed by atoms with van der Waals surface area (Å²) in [5.41, 5.74) is -2.57. The monoisotopic (exact) mass is 283 g/mol. The van der Waals surface area contributed by atoms with Gasteiger partial charge in [0.25, 0.3) is 5.56 Å². The molecule has 1 rings (SSSR count). The Morgan fingerprint density at radius 1 is 1.35 bits per heavy atom. The summed E-state index contributed by atoms with van der Waals surface area (Å²) in [6.45, 7) is 3.22. The first-order valence-electron chi connectivity index (χ1n) is 6.14. The van der Waals surface area contributed by atoms with Crippen molar-refractivity contribution in [3.8, 4) is 0 Å². The van der Waals surface area contributed by atoms with Crippen molar-refractivity contribution < 1.29 is 14.7 Å². The molecule has 0 spiro atoms. The molecule has 1 atom stereocenters. The number of carboxylic acid groups (broad SMARTS) is 1. The number of hydrogen-bond acceptors (Lipinski definition) is 4. The van der Waals surface area contributed by atoms with E-state index in [2.05, 4.69) is 10.3 Å². The molecule has 1 amide bonds. The molecule has 0 saturated carbocycles. The number of carbonyl (C=O) groups is 2. The lowest BCUT2D eigenvalue weighted by Crippen LogP contribution is -2.52. The number of aromatic nitrogens is 2. The molecule has 0 fully saturated rings. The average molecular weight is 283 g/mol. The van der Waals surface area contributed by atoms with Crippen LogP contribution in [-0.4, -0.2) is 32.5 Å². The highest BCUT2D eigenvalue weighted by Gasteiger charge is 2.33. The minimum atomic E-state index is -1.37. The van der Waals surface area contributed by atoms with Crippen LogP contribution in [0.1, 0.15) is 32.4 Å². The number of carboxylic acids is 1. The summed E-state index contributed by atoms with van der Waals surface area (Å²) in [7, 11) is 0. The molecule has 1 heterocycles. The predicted molar refractivity (Wildman–Crippen MR) is 70.5 cm³/mol. The van der Waals surface area contributed by atoms with Crippen molar-refractivity contribution >= 4 is 11.9 Å². The van der Waals surface area contributed by atoms with E-state index in [9.17, 15) is 19.2 Å². The fraction of sp³-hybridized carbons (Fsp3) is 0.500. The van der Waals surface area contributed by atoms with Crippen LogP contribution in [0.2, 0.25) is 0 Å². The molecule has 4 N–H and O–H groups in total. The van der Waals surface area contributed by atoms with Crippen LogP contribution in [0, 0.1) is 0 Å². The Morgan fingerprint density at radius 3 is 2.50 bits per heavy atom. The lowest BCUT2D eigenvalue weighted by molar-refractivity contribution is -0.147. The third-order valence-electron chi connectivity index (χ3n) is 2.80. The van der Waals surface area contributed by atoms with Gasteiger partial charge in [-0.1, -0.05) is 13.3 Å². The topological polar surface area (TPSA) is 132 Å². The number of aliphatic carboxylic acids is 1. The van der Waals surface area contributed by atoms with Crippen LogP contribution in [0.5, 0.6) is 0 Å². The van der Waals surface area contributed by atoms with E-state index >= 15 is 0 Å². The number of amides is 1. The van der Waals surface area contributed by atoms with Gasteiger partial charge in [0, 0.05) is 11.8 Å². The Hall–Kier alpha value is -2.38. The molecule has 8 heteroatoms. The lowest BCUT2D eigenvalue weighted by atomic mass is 9.96. The van der Waals surface area contributed by atoms with E-state index in [0.717, 1.165) is 6.07 Å². The number of carbonyl (C=O) groups excluding carboxylic acids is 1. The van der Waals surface area contributed by atoms with Crippen LogP contribution >= 0.6 is 0 Å². The number of nitrogens with one attached hydrogen (secondary N) is 3. The van der Waals surface area contributed by atoms with E-state index < -0.39 is 28.7 Å². The summed E-state index contributed by atoms with van der Waals surface area (Å²) in [6.07, 6.45) is 0.594. The summed E-state index contributed by atoms with van der Waals surface area (Å²) in [6, 6.07) is 1.08. The third-order valence-corrected chi connectivity index (χ3v) is 2.80. The van der Waals surface area contributed by atoms with Crippen molar-refractivity contribution in [2.24, 2.45) is 0 Å². The van der Waals surface area contributed by atoms with Crippen LogP contribution in [0.4, 0.5) is 0 Å². The zero-order valence-corrected chi connectivity index (χ0v) is 11.3. The minimum Gasteiger partial charge on any atom is -0.480 e. The molecule has 0 aliphatic rings. The molecule has 110 valence electrons. The van der Waals surface area contributed by atoms with Gasteiger partial charge in [0.1, 0.15) is 5.54 Å². The molecule has 1 unspecified atom stereocenters. The van der Waals surface area contributed by atoms with Crippen molar-refractivity contribution in [3.05, 3.63) is 32.6 Å². The van der Waals surface area contributed by atoms with Gasteiger partial charge in [0.2, 0.25) is 5.91 Å². The summed E-state index contributed by atoms with van der Waals surface area (Å²) >= 11 is 0. The van der Waals surface area contributed by atoms with Gasteiger partial charge in [-0.3, -0.25) is 14.6 Å². The van der Waals surface area contributed by atoms with Gasteiger partial charge in [0.15, 0.2) is 0 Å². The molecular formula is C12H17N3O5. The zero-order valence-electron chi connectivity index (χ0n) is 11.3. The molecule has 0 aliphatic carbocycles. The standard InChI is InChI=1S/C12H17N3O5/c1-3-4-12(2,10(18)19)15-9(17)6-7-5-8(16)14-11(20)13-7/h5H,3-4,6H2,1-2H3,(H,15,17)(H,18,19)(H2,13,14,16,20). The summed E-state index contributed by atoms with van der Waals surface area (Å²) in [5, 5.41) is 11.5. The van der Waals surface area contributed by atoms with E-state index in [0.29, 0.717) is 6.42 Å². The smallest absolute Gasteiger partial charge is 0.329 e. The Balaban J connectivity index is 2.83. The van der Waals surface area contributed by atoms with Gasteiger partial charge in [0.05, 0.1) is 6.42 Å². The van der Waals surface area contributed by atoms with Crippen molar-refractivity contribution in [2.75, 3.05) is 0 Å². The Labute approximate surface area is 114 Å². The highest BCUT2D eigenvalue weighted by atomic mass is 16.4. The fourth-order valence-corrected chi connectivity index (χ4v) is 1.86. The molecule has 0 bridgehead atoms. The molecule has 0 aliphatic heterocycles. The maximum absolute atomic E-state index is 11.8. The summed E-state index contributed by atoms with van der Waals surface area (Å²) in [4.78, 5) is 49.4. The van der Waals surface area contributed by atoms with Crippen LogP contribution in [0.3, 0.4) is 0 Å². The summed E-state index contributed by atoms with van der Waals surface area (Å²) in [5.74, 6) is -1.71. The lowest BCUT2D eigenvalue weighted by Gasteiger charge is -2.25. The third kappa shape index (κ3) is 4.08. The summed E-state index contributed by atoms with van der Waals surface area (Å²) < 4.78 is 0. The largest absolute Gasteiger partial charge is 0.480 e.